The first-order chi connectivity index (χ1) is 18.4. The summed E-state index contributed by atoms with van der Waals surface area (Å²) >= 11 is 0. The van der Waals surface area contributed by atoms with Crippen LogP contribution < -0.4 is 14.8 Å². The zero-order valence-corrected chi connectivity index (χ0v) is 22.4. The third-order valence-electron chi connectivity index (χ3n) is 6.81. The Morgan fingerprint density at radius 3 is 2.42 bits per heavy atom. The molecule has 0 spiro atoms. The molecule has 0 saturated carbocycles. The predicted octanol–water partition coefficient (Wildman–Crippen LogP) is 4.33. The van der Waals surface area contributed by atoms with Gasteiger partial charge in [-0.05, 0) is 75.1 Å². The van der Waals surface area contributed by atoms with E-state index < -0.39 is 11.9 Å². The van der Waals surface area contributed by atoms with Gasteiger partial charge in [-0.1, -0.05) is 31.2 Å². The summed E-state index contributed by atoms with van der Waals surface area (Å²) in [6, 6.07) is 15.5. The molecule has 1 saturated heterocycles. The molecule has 2 heterocycles. The van der Waals surface area contributed by atoms with Crippen LogP contribution in [0.1, 0.15) is 50.2 Å². The number of H-pyrrole nitrogens is 1. The van der Waals surface area contributed by atoms with Crippen molar-refractivity contribution in [3.8, 4) is 11.5 Å². The van der Waals surface area contributed by atoms with Crippen LogP contribution in [0.2, 0.25) is 0 Å². The third kappa shape index (κ3) is 7.72. The molecule has 0 radical (unpaired) electrons. The number of benzene rings is 2. The van der Waals surface area contributed by atoms with Gasteiger partial charge in [-0.25, -0.2) is 9.59 Å². The van der Waals surface area contributed by atoms with Crippen molar-refractivity contribution in [2.24, 2.45) is 0 Å². The quantitative estimate of drug-likeness (QED) is 0.289. The molecule has 1 aliphatic rings. The van der Waals surface area contributed by atoms with Crippen molar-refractivity contribution in [1.29, 1.82) is 0 Å². The van der Waals surface area contributed by atoms with Crippen molar-refractivity contribution in [3.05, 3.63) is 59.8 Å². The number of nitrogens with zero attached hydrogens (tertiary/aromatic N) is 1. The highest BCUT2D eigenvalue weighted by molar-refractivity contribution is 6.27. The van der Waals surface area contributed by atoms with Crippen molar-refractivity contribution in [1.82, 2.24) is 15.2 Å². The highest BCUT2D eigenvalue weighted by Gasteiger charge is 2.23. The number of fused-ring (bicyclic) bond motifs is 1. The van der Waals surface area contributed by atoms with E-state index in [2.05, 4.69) is 64.7 Å². The van der Waals surface area contributed by atoms with Gasteiger partial charge in [-0.15, -0.1) is 0 Å². The van der Waals surface area contributed by atoms with Gasteiger partial charge >= 0.3 is 11.9 Å². The summed E-state index contributed by atoms with van der Waals surface area (Å²) in [5, 5.41) is 20.0. The number of para-hydroxylation sites is 1. The smallest absolute Gasteiger partial charge is 0.414 e. The summed E-state index contributed by atoms with van der Waals surface area (Å²) in [6.07, 6.45) is 5.84. The summed E-state index contributed by atoms with van der Waals surface area (Å²) in [6.45, 7) is 9.40. The average molecular weight is 526 g/mol. The summed E-state index contributed by atoms with van der Waals surface area (Å²) in [5.41, 5.74) is 3.74. The van der Waals surface area contributed by atoms with Crippen LogP contribution >= 0.6 is 0 Å². The lowest BCUT2D eigenvalue weighted by atomic mass is 9.90. The number of likely N-dealkylation sites (tertiary alicyclic amines) is 1. The molecular formula is C29H39N3O6. The molecule has 3 aromatic rings. The molecule has 206 valence electrons. The molecule has 0 aliphatic carbocycles. The second-order valence-electron chi connectivity index (χ2n) is 9.32. The first kappa shape index (κ1) is 29.0. The van der Waals surface area contributed by atoms with E-state index in [-0.39, 0.29) is 5.92 Å². The van der Waals surface area contributed by atoms with Crippen molar-refractivity contribution >= 4 is 22.8 Å². The van der Waals surface area contributed by atoms with E-state index in [1.54, 1.807) is 7.11 Å². The molecule has 1 fully saturated rings. The van der Waals surface area contributed by atoms with Crippen LogP contribution in [0.3, 0.4) is 0 Å². The molecule has 38 heavy (non-hydrogen) atoms. The predicted molar refractivity (Wildman–Crippen MR) is 147 cm³/mol. The van der Waals surface area contributed by atoms with Gasteiger partial charge in [0.25, 0.3) is 0 Å². The van der Waals surface area contributed by atoms with E-state index in [0.717, 1.165) is 18.0 Å². The summed E-state index contributed by atoms with van der Waals surface area (Å²) in [7, 11) is 1.71. The minimum Gasteiger partial charge on any atom is -0.493 e. The fourth-order valence-corrected chi connectivity index (χ4v) is 4.93. The topological polar surface area (TPSA) is 124 Å². The Bertz CT molecular complexity index is 1170. The SMILES string of the molecule is CCCN1CCC(NCC(c2ccc(OCC)c(OC)c2)c2c[nH]c3ccccc23)CC1.O=C(O)C(=O)O. The van der Waals surface area contributed by atoms with Gasteiger partial charge in [-0.3, -0.25) is 0 Å². The number of ether oxygens (including phenoxy) is 2. The molecule has 1 unspecified atom stereocenters. The maximum Gasteiger partial charge on any atom is 0.414 e. The first-order valence-corrected chi connectivity index (χ1v) is 13.2. The van der Waals surface area contributed by atoms with E-state index in [1.807, 2.05) is 13.0 Å². The Morgan fingerprint density at radius 2 is 1.79 bits per heavy atom. The Hall–Kier alpha value is -3.56. The molecular weight excluding hydrogens is 486 g/mol. The van der Waals surface area contributed by atoms with Gasteiger partial charge < -0.3 is 34.9 Å². The van der Waals surface area contributed by atoms with Gasteiger partial charge in [0.15, 0.2) is 11.5 Å². The number of aliphatic carboxylic acids is 2. The number of aromatic amines is 1. The monoisotopic (exact) mass is 525 g/mol. The number of carboxylic acid groups (broad SMARTS) is 2. The standard InChI is InChI=1S/C27H37N3O2.C2H2O4/c1-4-14-30-15-12-21(13-16-30)28-18-23(24-19-29-25-9-7-6-8-22(24)25)20-10-11-26(32-5-2)27(17-20)31-3;3-1(4)2(5)6/h6-11,17,19,21,23,28-29H,4-5,12-16,18H2,1-3H3;(H,3,4)(H,5,6). The zero-order chi connectivity index (χ0) is 27.5. The van der Waals surface area contributed by atoms with Crippen LogP contribution in [0, 0.1) is 0 Å². The molecule has 9 heteroatoms. The summed E-state index contributed by atoms with van der Waals surface area (Å²) in [5.74, 6) is -1.83. The number of aromatic nitrogens is 1. The molecule has 9 nitrogen and oxygen atoms in total. The molecule has 0 bridgehead atoms. The number of carboxylic acids is 2. The van der Waals surface area contributed by atoms with Crippen LogP contribution in [0.15, 0.2) is 48.7 Å². The fraction of sp³-hybridized carbons (Fsp3) is 0.448. The highest BCUT2D eigenvalue weighted by atomic mass is 16.5. The lowest BCUT2D eigenvalue weighted by molar-refractivity contribution is -0.159. The highest BCUT2D eigenvalue weighted by Crippen LogP contribution is 2.36. The van der Waals surface area contributed by atoms with Gasteiger partial charge in [-0.2, -0.15) is 0 Å². The van der Waals surface area contributed by atoms with Crippen molar-refractivity contribution in [3.63, 3.8) is 0 Å². The maximum absolute atomic E-state index is 9.10. The van der Waals surface area contributed by atoms with E-state index in [9.17, 15) is 0 Å². The average Bonchev–Trinajstić information content (AvgIpc) is 3.35. The number of hydrogen-bond donors (Lipinski definition) is 4. The lowest BCUT2D eigenvalue weighted by Gasteiger charge is -2.33. The number of hydrogen-bond acceptors (Lipinski definition) is 6. The minimum absolute atomic E-state index is 0.226. The molecule has 0 amide bonds. The number of methoxy groups -OCH3 is 1. The maximum atomic E-state index is 9.10. The van der Waals surface area contributed by atoms with E-state index in [0.29, 0.717) is 12.6 Å². The third-order valence-corrected chi connectivity index (χ3v) is 6.81. The molecule has 1 aliphatic heterocycles. The van der Waals surface area contributed by atoms with Gasteiger partial charge in [0, 0.05) is 35.6 Å². The van der Waals surface area contributed by atoms with Gasteiger partial charge in [0.05, 0.1) is 13.7 Å². The van der Waals surface area contributed by atoms with Crippen LogP contribution in [0.25, 0.3) is 10.9 Å². The van der Waals surface area contributed by atoms with E-state index >= 15 is 0 Å². The number of piperidine rings is 1. The van der Waals surface area contributed by atoms with E-state index in [4.69, 9.17) is 29.3 Å². The molecule has 1 atom stereocenters. The lowest BCUT2D eigenvalue weighted by Crippen LogP contribution is -2.43. The van der Waals surface area contributed by atoms with E-state index in [1.165, 1.54) is 60.9 Å². The first-order valence-electron chi connectivity index (χ1n) is 13.2. The largest absolute Gasteiger partial charge is 0.493 e. The number of rotatable bonds is 10. The normalized spacial score (nSPS) is 14.9. The second kappa shape index (κ2) is 14.4. The molecule has 2 aromatic carbocycles. The van der Waals surface area contributed by atoms with Crippen LogP contribution in [0.5, 0.6) is 11.5 Å². The van der Waals surface area contributed by atoms with Crippen molar-refractivity contribution in [2.45, 2.75) is 45.1 Å². The minimum atomic E-state index is -1.82. The Balaban J connectivity index is 0.000000599. The Labute approximate surface area is 223 Å². The number of carbonyl (C=O) groups is 2. The molecule has 4 N–H and O–H groups in total. The van der Waals surface area contributed by atoms with Crippen LogP contribution in [-0.4, -0.2) is 78.0 Å². The fourth-order valence-electron chi connectivity index (χ4n) is 4.93. The Morgan fingerprint density at radius 1 is 1.08 bits per heavy atom. The van der Waals surface area contributed by atoms with Crippen molar-refractivity contribution < 1.29 is 29.3 Å². The van der Waals surface area contributed by atoms with Crippen molar-refractivity contribution in [2.75, 3.05) is 39.9 Å². The van der Waals surface area contributed by atoms with Crippen LogP contribution in [-0.2, 0) is 9.59 Å². The molecule has 4 rings (SSSR count). The van der Waals surface area contributed by atoms with Gasteiger partial charge in [0.1, 0.15) is 0 Å². The summed E-state index contributed by atoms with van der Waals surface area (Å²) < 4.78 is 11.4. The summed E-state index contributed by atoms with van der Waals surface area (Å²) in [4.78, 5) is 24.3. The molecule has 1 aromatic heterocycles. The Kier molecular flexibility index (Phi) is 11.0. The second-order valence-corrected chi connectivity index (χ2v) is 9.32. The zero-order valence-electron chi connectivity index (χ0n) is 22.4. The number of nitrogens with one attached hydrogen (secondary N) is 2. The van der Waals surface area contributed by atoms with Gasteiger partial charge in [0.2, 0.25) is 0 Å². The van der Waals surface area contributed by atoms with Crippen LogP contribution in [0.4, 0.5) is 0 Å².